The summed E-state index contributed by atoms with van der Waals surface area (Å²) in [5.41, 5.74) is 2.56. The van der Waals surface area contributed by atoms with Gasteiger partial charge in [-0.05, 0) is 73.5 Å². The Hall–Kier alpha value is -3.32. The van der Waals surface area contributed by atoms with E-state index in [0.29, 0.717) is 24.3 Å². The Morgan fingerprint density at radius 3 is 2.10 bits per heavy atom. The Balaban J connectivity index is 1.75. The highest BCUT2D eigenvalue weighted by Crippen LogP contribution is 2.25. The second-order valence-electron chi connectivity index (χ2n) is 6.73. The van der Waals surface area contributed by atoms with Crippen LogP contribution in [0.15, 0.2) is 77.7 Å². The number of nitrogens with zero attached hydrogens (tertiary/aromatic N) is 1. The van der Waals surface area contributed by atoms with Crippen molar-refractivity contribution in [1.29, 1.82) is 0 Å². The van der Waals surface area contributed by atoms with Gasteiger partial charge in [-0.2, -0.15) is 0 Å². The lowest BCUT2D eigenvalue weighted by molar-refractivity contribution is 0.0773. The quantitative estimate of drug-likeness (QED) is 0.591. The zero-order chi connectivity index (χ0) is 21.7. The average Bonchev–Trinajstić information content (AvgIpc) is 2.75. The maximum Gasteiger partial charge on any atom is 0.261 e. The van der Waals surface area contributed by atoms with Crippen molar-refractivity contribution in [3.63, 3.8) is 0 Å². The smallest absolute Gasteiger partial charge is 0.261 e. The van der Waals surface area contributed by atoms with Gasteiger partial charge in [0.05, 0.1) is 4.90 Å². The van der Waals surface area contributed by atoms with Crippen molar-refractivity contribution in [3.8, 4) is 16.9 Å². The molecule has 0 aliphatic rings. The molecule has 3 aromatic rings. The van der Waals surface area contributed by atoms with Crippen LogP contribution in [-0.2, 0) is 10.0 Å². The number of aromatic hydroxyl groups is 1. The molecule has 156 valence electrons. The molecule has 3 aromatic carbocycles. The number of phenolic OH excluding ortho intramolecular Hbond substituents is 1. The van der Waals surface area contributed by atoms with E-state index >= 15 is 0 Å². The zero-order valence-corrected chi connectivity index (χ0v) is 17.7. The van der Waals surface area contributed by atoms with Crippen LogP contribution in [0.5, 0.6) is 5.75 Å². The number of hydrogen-bond acceptors (Lipinski definition) is 4. The van der Waals surface area contributed by atoms with E-state index in [1.165, 1.54) is 24.3 Å². The molecular formula is C23H24N2O4S. The van der Waals surface area contributed by atoms with Crippen LogP contribution >= 0.6 is 0 Å². The van der Waals surface area contributed by atoms with E-state index in [1.807, 2.05) is 19.9 Å². The van der Waals surface area contributed by atoms with Gasteiger partial charge in [0.1, 0.15) is 5.75 Å². The second-order valence-corrected chi connectivity index (χ2v) is 8.42. The number of rotatable bonds is 7. The van der Waals surface area contributed by atoms with Gasteiger partial charge in [-0.25, -0.2) is 8.42 Å². The van der Waals surface area contributed by atoms with Gasteiger partial charge in [0.15, 0.2) is 0 Å². The number of nitrogens with one attached hydrogen (secondary N) is 1. The number of benzene rings is 3. The minimum Gasteiger partial charge on any atom is -0.508 e. The van der Waals surface area contributed by atoms with Gasteiger partial charge in [-0.15, -0.1) is 0 Å². The minimum absolute atomic E-state index is 0.0793. The fourth-order valence-electron chi connectivity index (χ4n) is 3.10. The highest BCUT2D eigenvalue weighted by atomic mass is 32.2. The van der Waals surface area contributed by atoms with E-state index in [0.717, 1.165) is 11.1 Å². The van der Waals surface area contributed by atoms with Crippen LogP contribution < -0.4 is 4.72 Å². The Labute approximate surface area is 176 Å². The second kappa shape index (κ2) is 9.00. The van der Waals surface area contributed by atoms with Gasteiger partial charge >= 0.3 is 0 Å². The number of carbonyl (C=O) groups excluding carboxylic acids is 1. The van der Waals surface area contributed by atoms with Gasteiger partial charge < -0.3 is 10.0 Å². The monoisotopic (exact) mass is 424 g/mol. The number of hydrogen-bond donors (Lipinski definition) is 2. The van der Waals surface area contributed by atoms with Crippen molar-refractivity contribution in [2.24, 2.45) is 0 Å². The van der Waals surface area contributed by atoms with Crippen LogP contribution in [0.25, 0.3) is 11.1 Å². The van der Waals surface area contributed by atoms with E-state index in [4.69, 9.17) is 0 Å². The lowest BCUT2D eigenvalue weighted by Crippen LogP contribution is -2.30. The highest BCUT2D eigenvalue weighted by Gasteiger charge is 2.17. The molecule has 0 spiro atoms. The Morgan fingerprint density at radius 1 is 0.900 bits per heavy atom. The molecule has 0 atom stereocenters. The van der Waals surface area contributed by atoms with E-state index in [-0.39, 0.29) is 16.6 Å². The first-order chi connectivity index (χ1) is 14.3. The molecule has 0 aliphatic carbocycles. The predicted octanol–water partition coefficient (Wildman–Crippen LogP) is 4.34. The van der Waals surface area contributed by atoms with Crippen LogP contribution in [0.2, 0.25) is 0 Å². The van der Waals surface area contributed by atoms with Gasteiger partial charge in [-0.1, -0.05) is 24.3 Å². The van der Waals surface area contributed by atoms with Crippen molar-refractivity contribution in [2.45, 2.75) is 18.7 Å². The molecule has 0 aromatic heterocycles. The normalized spacial score (nSPS) is 11.1. The number of sulfonamides is 1. The maximum absolute atomic E-state index is 12.7. The largest absolute Gasteiger partial charge is 0.508 e. The van der Waals surface area contributed by atoms with Gasteiger partial charge in [0.2, 0.25) is 0 Å². The number of amides is 1. The van der Waals surface area contributed by atoms with E-state index < -0.39 is 10.0 Å². The average molecular weight is 425 g/mol. The molecule has 0 aliphatic heterocycles. The van der Waals surface area contributed by atoms with Crippen molar-refractivity contribution < 1.29 is 18.3 Å². The molecule has 0 unspecified atom stereocenters. The maximum atomic E-state index is 12.7. The van der Waals surface area contributed by atoms with Gasteiger partial charge in [0, 0.05) is 24.3 Å². The molecule has 0 fully saturated rings. The van der Waals surface area contributed by atoms with Crippen LogP contribution in [0, 0.1) is 0 Å². The summed E-state index contributed by atoms with van der Waals surface area (Å²) in [7, 11) is -3.79. The molecule has 3 rings (SSSR count). The summed E-state index contributed by atoms with van der Waals surface area (Å²) in [5, 5.41) is 9.60. The van der Waals surface area contributed by atoms with E-state index in [9.17, 15) is 18.3 Å². The van der Waals surface area contributed by atoms with Crippen molar-refractivity contribution in [3.05, 3.63) is 78.4 Å². The first kappa shape index (κ1) is 21.4. The van der Waals surface area contributed by atoms with Crippen LogP contribution in [0.4, 0.5) is 5.69 Å². The summed E-state index contributed by atoms with van der Waals surface area (Å²) in [6.45, 7) is 4.98. The summed E-state index contributed by atoms with van der Waals surface area (Å²) in [4.78, 5) is 14.1. The summed E-state index contributed by atoms with van der Waals surface area (Å²) < 4.78 is 27.9. The first-order valence-corrected chi connectivity index (χ1v) is 11.1. The van der Waals surface area contributed by atoms with Crippen LogP contribution in [0.3, 0.4) is 0 Å². The summed E-state index contributed by atoms with van der Waals surface area (Å²) in [6, 6.07) is 19.6. The SMILES string of the molecule is CCN(CC)C(=O)c1ccc(S(=O)(=O)Nc2ccc(-c3cccc(O)c3)cc2)cc1. The standard InChI is InChI=1S/C23H24N2O4S/c1-3-25(4-2)23(27)18-10-14-22(15-11-18)30(28,29)24-20-12-8-17(9-13-20)19-6-5-7-21(26)16-19/h5-16,24,26H,3-4H2,1-2H3. The Kier molecular flexibility index (Phi) is 6.42. The summed E-state index contributed by atoms with van der Waals surface area (Å²) in [6.07, 6.45) is 0. The zero-order valence-electron chi connectivity index (χ0n) is 16.9. The summed E-state index contributed by atoms with van der Waals surface area (Å²) >= 11 is 0. The molecule has 1 amide bonds. The lowest BCUT2D eigenvalue weighted by Gasteiger charge is -2.18. The first-order valence-electron chi connectivity index (χ1n) is 9.65. The molecule has 6 nitrogen and oxygen atoms in total. The van der Waals surface area contributed by atoms with E-state index in [1.54, 1.807) is 47.4 Å². The minimum atomic E-state index is -3.79. The third-order valence-electron chi connectivity index (χ3n) is 4.78. The fourth-order valence-corrected chi connectivity index (χ4v) is 4.16. The Morgan fingerprint density at radius 2 is 1.53 bits per heavy atom. The molecule has 30 heavy (non-hydrogen) atoms. The molecular weight excluding hydrogens is 400 g/mol. The number of phenols is 1. The third-order valence-corrected chi connectivity index (χ3v) is 6.18. The predicted molar refractivity (Wildman–Crippen MR) is 118 cm³/mol. The van der Waals surface area contributed by atoms with Crippen molar-refractivity contribution in [2.75, 3.05) is 17.8 Å². The molecule has 7 heteroatoms. The van der Waals surface area contributed by atoms with Crippen molar-refractivity contribution >= 4 is 21.6 Å². The molecule has 0 heterocycles. The third kappa shape index (κ3) is 4.80. The number of carbonyl (C=O) groups is 1. The van der Waals surface area contributed by atoms with Crippen LogP contribution in [0.1, 0.15) is 24.2 Å². The summed E-state index contributed by atoms with van der Waals surface area (Å²) in [5.74, 6) is 0.0413. The lowest BCUT2D eigenvalue weighted by atomic mass is 10.1. The van der Waals surface area contributed by atoms with Crippen molar-refractivity contribution in [1.82, 2.24) is 4.90 Å². The topological polar surface area (TPSA) is 86.7 Å². The number of anilines is 1. The molecule has 0 saturated carbocycles. The Bertz CT molecular complexity index is 1120. The highest BCUT2D eigenvalue weighted by molar-refractivity contribution is 7.92. The fraction of sp³-hybridized carbons (Fsp3) is 0.174. The molecule has 0 radical (unpaired) electrons. The van der Waals surface area contributed by atoms with Crippen LogP contribution in [-0.4, -0.2) is 37.4 Å². The molecule has 0 saturated heterocycles. The molecule has 0 bridgehead atoms. The molecule has 2 N–H and O–H groups in total. The van der Waals surface area contributed by atoms with E-state index in [2.05, 4.69) is 4.72 Å². The van der Waals surface area contributed by atoms with Gasteiger partial charge in [-0.3, -0.25) is 9.52 Å². The van der Waals surface area contributed by atoms with Gasteiger partial charge in [0.25, 0.3) is 15.9 Å².